The van der Waals surface area contributed by atoms with Crippen LogP contribution in [0.3, 0.4) is 0 Å². The molecule has 0 N–H and O–H groups in total. The monoisotopic (exact) mass is 1310 g/mol. The maximum atomic E-state index is 17.1. The smallest absolute Gasteiger partial charge is 0.252 e. The lowest BCUT2D eigenvalue weighted by Crippen LogP contribution is -2.64. The highest BCUT2D eigenvalue weighted by Crippen LogP contribution is 2.53. The van der Waals surface area contributed by atoms with Crippen LogP contribution in [0.25, 0.3) is 22.3 Å². The summed E-state index contributed by atoms with van der Waals surface area (Å²) in [7, 11) is 0. The molecule has 0 spiro atoms. The summed E-state index contributed by atoms with van der Waals surface area (Å²) in [5, 5.41) is 0. The second-order valence-corrected chi connectivity index (χ2v) is 26.2. The van der Waals surface area contributed by atoms with Crippen molar-refractivity contribution in [3.05, 3.63) is 344 Å². The third-order valence-corrected chi connectivity index (χ3v) is 20.7. The molecule has 0 amide bonds. The maximum absolute atomic E-state index is 17.1. The van der Waals surface area contributed by atoms with Gasteiger partial charge in [0.25, 0.3) is 6.71 Å². The zero-order valence-electron chi connectivity index (χ0n) is 52.9. The topological polar surface area (TPSA) is 16.2 Å². The van der Waals surface area contributed by atoms with Crippen molar-refractivity contribution in [2.45, 2.75) is 16.7 Å². The summed E-state index contributed by atoms with van der Waals surface area (Å²) in [6.45, 7) is 0.878. The van der Waals surface area contributed by atoms with Gasteiger partial charge in [0.1, 0.15) is 52.0 Å². The number of anilines is 15. The predicted molar refractivity (Wildman–Crippen MR) is 395 cm³/mol. The van der Waals surface area contributed by atoms with Crippen LogP contribution in [-0.4, -0.2) is 13.4 Å². The molecule has 0 aliphatic carbocycles. The van der Waals surface area contributed by atoms with Crippen molar-refractivity contribution in [2.75, 3.05) is 24.5 Å². The molecule has 0 atom stereocenters. The van der Waals surface area contributed by atoms with Gasteiger partial charge >= 0.3 is 0 Å². The van der Waals surface area contributed by atoms with Gasteiger partial charge < -0.3 is 24.5 Å². The van der Waals surface area contributed by atoms with Crippen molar-refractivity contribution >= 4 is 143 Å². The summed E-state index contributed by atoms with van der Waals surface area (Å²) in [4.78, 5) is 11.0. The van der Waals surface area contributed by atoms with E-state index in [0.717, 1.165) is 93.4 Å². The van der Waals surface area contributed by atoms with E-state index in [1.54, 1.807) is 51.9 Å². The lowest BCUT2D eigenvalue weighted by atomic mass is 9.31. The molecule has 5 nitrogen and oxygen atoms in total. The fraction of sp³-hybridized carbons (Fsp3) is 0.0118. The average molecular weight is 1310 g/mol. The van der Waals surface area contributed by atoms with Gasteiger partial charge in [-0.05, 0) is 183 Å². The molecule has 0 saturated carbocycles. The molecule has 472 valence electrons. The Kier molecular flexibility index (Phi) is 14.3. The number of nitrogens with zero attached hydrogens (tertiary/aromatic N) is 5. The molecule has 14 aromatic rings. The van der Waals surface area contributed by atoms with E-state index in [0.29, 0.717) is 45.3 Å². The predicted octanol–water partition coefficient (Wildman–Crippen LogP) is 19.9. The summed E-state index contributed by atoms with van der Waals surface area (Å²) < 4.78 is 102. The van der Waals surface area contributed by atoms with Crippen LogP contribution in [0, 0.1) is 41.8 Å². The molecule has 99 heavy (non-hydrogen) atoms. The van der Waals surface area contributed by atoms with Crippen molar-refractivity contribution in [1.29, 1.82) is 0 Å². The molecule has 0 fully saturated rings. The molecule has 4 heterocycles. The molecule has 18 rings (SSSR count). The molecular formula is C85H53B2F6N5S. The molecule has 4 aliphatic rings. The highest BCUT2D eigenvalue weighted by Gasteiger charge is 2.49. The fourth-order valence-electron chi connectivity index (χ4n) is 15.3. The fourth-order valence-corrected chi connectivity index (χ4v) is 16.5. The second-order valence-electron chi connectivity index (χ2n) is 25.1. The normalized spacial score (nSPS) is 12.9. The van der Waals surface area contributed by atoms with Gasteiger partial charge in [0.05, 0.1) is 5.69 Å². The standard InChI is InChI=1S/C85H53B2F6N5S/c1-52-20-11-14-35-72(52)96-75-51-79-65(50-64(75)86-62-27-12-15-36-73(62)97(84-68(90)31-18-32-69(84)91)77-47-60(46-76(96)81(77)86)95(57-25-9-4-10-26-57)83-66(88)29-17-30-67(83)89)87-63-28-13-16-37-74(63)98(85-70(92)33-19-34-71(85)93)78-48-61(49-80(99-79)82(78)87)94(58-42-38-55(39-43-58)53-21-5-2-6-22-53)59-44-40-56(41-45-59)54-23-7-3-8-24-54/h2-51H,1H3. The first-order valence-corrected chi connectivity index (χ1v) is 33.5. The summed E-state index contributed by atoms with van der Waals surface area (Å²) in [5.74, 6) is -4.74. The minimum atomic E-state index is -0.821. The first kappa shape index (κ1) is 59.6. The van der Waals surface area contributed by atoms with Crippen LogP contribution in [0.4, 0.5) is 112 Å². The Morgan fingerprint density at radius 1 is 0.273 bits per heavy atom. The van der Waals surface area contributed by atoms with Crippen molar-refractivity contribution in [1.82, 2.24) is 0 Å². The second kappa shape index (κ2) is 23.8. The SMILES string of the molecule is Cc1ccccc1N1c2cc3c(cc2B2c4ccccc4N(c4c(F)cccc4F)c4cc(N(c5ccccc5)c5c(F)cccc5F)cc1c42)B1c2ccccc2N(c2c(F)cccc2F)c2cc(N(c4ccc(-c5ccccc5)cc4)c4ccc(-c5ccccc5)cc4)cc(c21)S3. The summed E-state index contributed by atoms with van der Waals surface area (Å²) >= 11 is 1.57. The van der Waals surface area contributed by atoms with Gasteiger partial charge in [-0.25, -0.2) is 26.3 Å². The zero-order valence-corrected chi connectivity index (χ0v) is 53.8. The molecule has 0 unspecified atom stereocenters. The van der Waals surface area contributed by atoms with Gasteiger partial charge in [-0.2, -0.15) is 0 Å². The number of hydrogen-bond acceptors (Lipinski definition) is 6. The van der Waals surface area contributed by atoms with Gasteiger partial charge in [0.2, 0.25) is 6.71 Å². The number of rotatable bonds is 11. The van der Waals surface area contributed by atoms with E-state index in [1.165, 1.54) is 59.5 Å². The molecule has 0 radical (unpaired) electrons. The van der Waals surface area contributed by atoms with Crippen molar-refractivity contribution in [3.63, 3.8) is 0 Å². The molecule has 14 heteroatoms. The van der Waals surface area contributed by atoms with E-state index in [4.69, 9.17) is 0 Å². The molecule has 4 aliphatic heterocycles. The zero-order chi connectivity index (χ0) is 66.7. The number of hydrogen-bond donors (Lipinski definition) is 0. The number of para-hydroxylation sites is 7. The third kappa shape index (κ3) is 9.67. The number of fused-ring (bicyclic) bond motifs is 8. The minimum Gasteiger partial charge on any atom is -0.311 e. The summed E-state index contributed by atoms with van der Waals surface area (Å²) in [6.07, 6.45) is 0. The van der Waals surface area contributed by atoms with E-state index in [9.17, 15) is 0 Å². The van der Waals surface area contributed by atoms with E-state index >= 15 is 26.3 Å². The lowest BCUT2D eigenvalue weighted by molar-refractivity contribution is 0.585. The number of aryl methyl sites for hydroxylation is 1. The highest BCUT2D eigenvalue weighted by atomic mass is 32.2. The van der Waals surface area contributed by atoms with Crippen LogP contribution in [-0.2, 0) is 0 Å². The van der Waals surface area contributed by atoms with Crippen molar-refractivity contribution in [3.8, 4) is 22.3 Å². The first-order chi connectivity index (χ1) is 48.5. The van der Waals surface area contributed by atoms with Crippen LogP contribution in [0.2, 0.25) is 0 Å². The van der Waals surface area contributed by atoms with E-state index in [-0.39, 0.29) is 17.1 Å². The molecule has 0 aromatic heterocycles. The van der Waals surface area contributed by atoms with E-state index < -0.39 is 48.3 Å². The molecule has 14 aromatic carbocycles. The Bertz CT molecular complexity index is 5430. The highest BCUT2D eigenvalue weighted by molar-refractivity contribution is 8.00. The third-order valence-electron chi connectivity index (χ3n) is 19.6. The first-order valence-electron chi connectivity index (χ1n) is 32.7. The van der Waals surface area contributed by atoms with Gasteiger partial charge in [-0.1, -0.05) is 199 Å². The quantitative estimate of drug-likeness (QED) is 0.0941. The van der Waals surface area contributed by atoms with Gasteiger partial charge in [-0.15, -0.1) is 0 Å². The molecular weight excluding hydrogens is 1260 g/mol. The van der Waals surface area contributed by atoms with Crippen LogP contribution in [0.5, 0.6) is 0 Å². The lowest BCUT2D eigenvalue weighted by Gasteiger charge is -2.46. The van der Waals surface area contributed by atoms with E-state index in [1.807, 2.05) is 128 Å². The van der Waals surface area contributed by atoms with E-state index in [2.05, 4.69) is 107 Å². The van der Waals surface area contributed by atoms with Gasteiger partial charge in [0, 0.05) is 72.4 Å². The molecule has 0 bridgehead atoms. The van der Waals surface area contributed by atoms with Crippen LogP contribution in [0.1, 0.15) is 5.56 Å². The Balaban J connectivity index is 0.913. The Morgan fingerprint density at radius 2 is 0.677 bits per heavy atom. The molecule has 0 saturated heterocycles. The maximum Gasteiger partial charge on any atom is 0.252 e. The Morgan fingerprint density at radius 3 is 1.19 bits per heavy atom. The van der Waals surface area contributed by atoms with Crippen LogP contribution < -0.4 is 57.3 Å². The van der Waals surface area contributed by atoms with Gasteiger partial charge in [0.15, 0.2) is 0 Å². The van der Waals surface area contributed by atoms with Crippen molar-refractivity contribution in [2.24, 2.45) is 0 Å². The number of benzene rings is 14. The van der Waals surface area contributed by atoms with Gasteiger partial charge in [-0.3, -0.25) is 0 Å². The van der Waals surface area contributed by atoms with Crippen molar-refractivity contribution < 1.29 is 26.3 Å². The number of halogens is 6. The summed E-state index contributed by atoms with van der Waals surface area (Å²) in [6, 6.07) is 93.8. The average Bonchev–Trinajstić information content (AvgIpc) is 0.689. The largest absolute Gasteiger partial charge is 0.311 e. The van der Waals surface area contributed by atoms with Crippen LogP contribution in [0.15, 0.2) is 313 Å². The minimum absolute atomic E-state index is 0.217. The Hall–Kier alpha value is -11.9. The Labute approximate surface area is 573 Å². The summed E-state index contributed by atoms with van der Waals surface area (Å²) in [5.41, 5.74) is 16.5. The van der Waals surface area contributed by atoms with Crippen LogP contribution >= 0.6 is 11.8 Å².